The number of benzene rings is 3. The summed E-state index contributed by atoms with van der Waals surface area (Å²) in [5.41, 5.74) is 6.51. The van der Waals surface area contributed by atoms with Gasteiger partial charge in [0.2, 0.25) is 0 Å². The zero-order chi connectivity index (χ0) is 22.7. The van der Waals surface area contributed by atoms with Gasteiger partial charge in [-0.05, 0) is 53.9 Å². The van der Waals surface area contributed by atoms with Gasteiger partial charge in [0.1, 0.15) is 6.04 Å². The van der Waals surface area contributed by atoms with E-state index in [1.54, 1.807) is 12.1 Å². The lowest BCUT2D eigenvalue weighted by Crippen LogP contribution is -2.52. The lowest BCUT2D eigenvalue weighted by atomic mass is 10.0. The van der Waals surface area contributed by atoms with Crippen LogP contribution in [0.4, 0.5) is 0 Å². The summed E-state index contributed by atoms with van der Waals surface area (Å²) in [6, 6.07) is 22.1. The number of nitrogens with zero attached hydrogens (tertiary/aromatic N) is 1. The van der Waals surface area contributed by atoms with Crippen LogP contribution >= 0.6 is 0 Å². The molecule has 0 saturated heterocycles. The van der Waals surface area contributed by atoms with Crippen LogP contribution in [0.1, 0.15) is 34.0 Å². The van der Waals surface area contributed by atoms with Crippen molar-refractivity contribution < 1.29 is 19.9 Å². The van der Waals surface area contributed by atoms with Gasteiger partial charge in [-0.3, -0.25) is 14.8 Å². The highest BCUT2D eigenvalue weighted by molar-refractivity contribution is 6.01. The fourth-order valence-electron chi connectivity index (χ4n) is 3.88. The van der Waals surface area contributed by atoms with Gasteiger partial charge in [0, 0.05) is 23.2 Å². The first-order valence-electron chi connectivity index (χ1n) is 10.2. The van der Waals surface area contributed by atoms with Crippen LogP contribution in [0.5, 0.6) is 0 Å². The number of nitrogens with one attached hydrogen (secondary N) is 1. The largest absolute Gasteiger partial charge is 0.391 e. The summed E-state index contributed by atoms with van der Waals surface area (Å²) in [4.78, 5) is 26.0. The maximum Gasteiger partial charge on any atom is 0.268 e. The van der Waals surface area contributed by atoms with E-state index in [0.717, 1.165) is 27.8 Å². The average molecular weight is 426 g/mol. The van der Waals surface area contributed by atoms with Gasteiger partial charge in [-0.2, -0.15) is 0 Å². The van der Waals surface area contributed by atoms with E-state index in [1.165, 1.54) is 17.3 Å². The Labute approximate surface area is 186 Å². The molecule has 6 heteroatoms. The van der Waals surface area contributed by atoms with Crippen molar-refractivity contribution in [3.63, 3.8) is 0 Å². The second kappa shape index (κ2) is 9.06. The SMILES string of the molecule is C[C@@H](O)[C@H](C(=O)NO)N1Cc2cc(C#Cc3cccc(-c4ccccc4)c3)ccc2C1=O. The maximum absolute atomic E-state index is 12.7. The maximum atomic E-state index is 12.7. The number of hydroxylamine groups is 1. The average Bonchev–Trinajstić information content (AvgIpc) is 3.13. The molecule has 0 saturated carbocycles. The number of hydrogen-bond donors (Lipinski definition) is 3. The predicted octanol–water partition coefficient (Wildman–Crippen LogP) is 2.96. The van der Waals surface area contributed by atoms with Crippen LogP contribution in [-0.4, -0.2) is 39.2 Å². The van der Waals surface area contributed by atoms with E-state index in [2.05, 4.69) is 11.8 Å². The van der Waals surface area contributed by atoms with E-state index in [-0.39, 0.29) is 12.5 Å². The minimum Gasteiger partial charge on any atom is -0.391 e. The molecule has 1 aliphatic heterocycles. The highest BCUT2D eigenvalue weighted by Crippen LogP contribution is 2.27. The van der Waals surface area contributed by atoms with Crippen LogP contribution in [0.2, 0.25) is 0 Å². The van der Waals surface area contributed by atoms with Crippen molar-refractivity contribution in [1.29, 1.82) is 0 Å². The van der Waals surface area contributed by atoms with E-state index >= 15 is 0 Å². The summed E-state index contributed by atoms with van der Waals surface area (Å²) >= 11 is 0. The van der Waals surface area contributed by atoms with E-state index in [9.17, 15) is 14.7 Å². The topological polar surface area (TPSA) is 89.9 Å². The molecule has 3 N–H and O–H groups in total. The lowest BCUT2D eigenvalue weighted by molar-refractivity contribution is -0.137. The van der Waals surface area contributed by atoms with Crippen molar-refractivity contribution in [2.24, 2.45) is 0 Å². The molecular formula is C26H22N2O4. The number of fused-ring (bicyclic) bond motifs is 1. The van der Waals surface area contributed by atoms with E-state index < -0.39 is 18.1 Å². The minimum atomic E-state index is -1.19. The first-order chi connectivity index (χ1) is 15.5. The highest BCUT2D eigenvalue weighted by Gasteiger charge is 2.38. The summed E-state index contributed by atoms with van der Waals surface area (Å²) < 4.78 is 0. The standard InChI is InChI=1S/C26H22N2O4/c1-17(29)24(25(30)27-32)28-16-22-15-19(12-13-23(22)26(28)31)11-10-18-6-5-9-21(14-18)20-7-3-2-4-8-20/h2-9,12-15,17,24,29,32H,16H2,1H3,(H,27,30)/t17-,24-/m1/s1. The van der Waals surface area contributed by atoms with Crippen LogP contribution in [0, 0.1) is 11.8 Å². The number of carbonyl (C=O) groups excluding carboxylic acids is 2. The van der Waals surface area contributed by atoms with E-state index in [4.69, 9.17) is 5.21 Å². The molecule has 1 heterocycles. The van der Waals surface area contributed by atoms with Gasteiger partial charge in [-0.1, -0.05) is 54.3 Å². The monoisotopic (exact) mass is 426 g/mol. The molecule has 3 aromatic carbocycles. The number of aliphatic hydroxyl groups is 1. The second-order valence-corrected chi connectivity index (χ2v) is 7.66. The third kappa shape index (κ3) is 4.26. The first kappa shape index (κ1) is 21.3. The third-order valence-corrected chi connectivity index (χ3v) is 5.43. The molecule has 6 nitrogen and oxygen atoms in total. The first-order valence-corrected chi connectivity index (χ1v) is 10.2. The molecule has 0 fully saturated rings. The van der Waals surface area contributed by atoms with Crippen molar-refractivity contribution in [1.82, 2.24) is 10.4 Å². The highest BCUT2D eigenvalue weighted by atomic mass is 16.5. The van der Waals surface area contributed by atoms with Crippen molar-refractivity contribution in [2.45, 2.75) is 25.6 Å². The zero-order valence-electron chi connectivity index (χ0n) is 17.4. The van der Waals surface area contributed by atoms with Crippen molar-refractivity contribution in [3.8, 4) is 23.0 Å². The predicted molar refractivity (Wildman–Crippen MR) is 120 cm³/mol. The van der Waals surface area contributed by atoms with Crippen LogP contribution in [0.25, 0.3) is 11.1 Å². The molecule has 1 aliphatic rings. The molecular weight excluding hydrogens is 404 g/mol. The number of carbonyl (C=O) groups is 2. The minimum absolute atomic E-state index is 0.149. The Hall–Kier alpha value is -3.92. The number of hydrogen-bond acceptors (Lipinski definition) is 4. The van der Waals surface area contributed by atoms with Gasteiger partial charge in [0.25, 0.3) is 11.8 Å². The van der Waals surface area contributed by atoms with Gasteiger partial charge < -0.3 is 10.0 Å². The van der Waals surface area contributed by atoms with E-state index in [0.29, 0.717) is 5.56 Å². The fraction of sp³-hybridized carbons (Fsp3) is 0.154. The molecule has 2 atom stereocenters. The third-order valence-electron chi connectivity index (χ3n) is 5.43. The Balaban J connectivity index is 1.58. The van der Waals surface area contributed by atoms with Gasteiger partial charge in [-0.15, -0.1) is 0 Å². The smallest absolute Gasteiger partial charge is 0.268 e. The quantitative estimate of drug-likeness (QED) is 0.340. The molecule has 32 heavy (non-hydrogen) atoms. The van der Waals surface area contributed by atoms with Crippen molar-refractivity contribution in [3.05, 3.63) is 95.1 Å². The molecule has 0 spiro atoms. The Morgan fingerprint density at radius 2 is 1.66 bits per heavy atom. The van der Waals surface area contributed by atoms with Crippen LogP contribution in [0.3, 0.4) is 0 Å². The summed E-state index contributed by atoms with van der Waals surface area (Å²) in [6.45, 7) is 1.55. The molecule has 0 radical (unpaired) electrons. The fourth-order valence-corrected chi connectivity index (χ4v) is 3.88. The van der Waals surface area contributed by atoms with Gasteiger partial charge in [-0.25, -0.2) is 5.48 Å². The van der Waals surface area contributed by atoms with Crippen molar-refractivity contribution >= 4 is 11.8 Å². The lowest BCUT2D eigenvalue weighted by Gasteiger charge is -2.27. The Kier molecular flexibility index (Phi) is 6.04. The zero-order valence-corrected chi connectivity index (χ0v) is 17.4. The Morgan fingerprint density at radius 1 is 0.969 bits per heavy atom. The molecule has 3 aromatic rings. The summed E-state index contributed by atoms with van der Waals surface area (Å²) in [5.74, 6) is 5.10. The molecule has 4 rings (SSSR count). The molecule has 2 amide bonds. The summed E-state index contributed by atoms with van der Waals surface area (Å²) in [6.07, 6.45) is -1.14. The van der Waals surface area contributed by atoms with E-state index in [1.807, 2.05) is 60.7 Å². The van der Waals surface area contributed by atoms with Gasteiger partial charge in [0.05, 0.1) is 6.10 Å². The molecule has 0 bridgehead atoms. The second-order valence-electron chi connectivity index (χ2n) is 7.66. The van der Waals surface area contributed by atoms with Crippen molar-refractivity contribution in [2.75, 3.05) is 0 Å². The summed E-state index contributed by atoms with van der Waals surface area (Å²) in [7, 11) is 0. The Bertz CT molecular complexity index is 1230. The summed E-state index contributed by atoms with van der Waals surface area (Å²) in [5, 5.41) is 18.9. The molecule has 0 unspecified atom stereocenters. The Morgan fingerprint density at radius 3 is 2.34 bits per heavy atom. The number of amides is 2. The van der Waals surface area contributed by atoms with Gasteiger partial charge >= 0.3 is 0 Å². The number of aliphatic hydroxyl groups excluding tert-OH is 1. The normalized spacial score (nSPS) is 14.2. The van der Waals surface area contributed by atoms with Crippen LogP contribution in [0.15, 0.2) is 72.8 Å². The van der Waals surface area contributed by atoms with Crippen LogP contribution < -0.4 is 5.48 Å². The molecule has 0 aromatic heterocycles. The van der Waals surface area contributed by atoms with Gasteiger partial charge in [0.15, 0.2) is 0 Å². The number of rotatable bonds is 4. The van der Waals surface area contributed by atoms with Crippen LogP contribution in [-0.2, 0) is 11.3 Å². The molecule has 0 aliphatic carbocycles. The molecule has 160 valence electrons.